The molecule has 0 aromatic carbocycles. The van der Waals surface area contributed by atoms with Gasteiger partial charge >= 0.3 is 0 Å². The zero-order valence-electron chi connectivity index (χ0n) is 14.3. The van der Waals surface area contributed by atoms with Crippen molar-refractivity contribution in [3.8, 4) is 11.3 Å². The standard InChI is InChI=1S/C18H20F2N4O/c1-11-16(12(2)25-23-11)15-9-21-14-5-8-24(17(14)22-15)10-13-3-6-18(19,20)7-4-13/h5,8-9,13H,3-4,6-7,10H2,1-2H3. The van der Waals surface area contributed by atoms with Crippen LogP contribution in [0.1, 0.15) is 37.1 Å². The lowest BCUT2D eigenvalue weighted by molar-refractivity contribution is -0.0472. The Kier molecular flexibility index (Phi) is 3.81. The highest BCUT2D eigenvalue weighted by atomic mass is 19.3. The number of halogens is 2. The van der Waals surface area contributed by atoms with Gasteiger partial charge < -0.3 is 9.09 Å². The fraction of sp³-hybridized carbons (Fsp3) is 0.500. The maximum Gasteiger partial charge on any atom is 0.248 e. The first-order valence-electron chi connectivity index (χ1n) is 8.56. The van der Waals surface area contributed by atoms with Crippen LogP contribution in [0.5, 0.6) is 0 Å². The molecule has 0 spiro atoms. The van der Waals surface area contributed by atoms with Gasteiger partial charge in [0.1, 0.15) is 11.3 Å². The van der Waals surface area contributed by atoms with E-state index < -0.39 is 5.92 Å². The maximum atomic E-state index is 13.4. The van der Waals surface area contributed by atoms with Gasteiger partial charge in [-0.25, -0.2) is 13.8 Å². The second kappa shape index (κ2) is 5.89. The monoisotopic (exact) mass is 346 g/mol. The van der Waals surface area contributed by atoms with Gasteiger partial charge in [0.2, 0.25) is 5.92 Å². The molecule has 1 aliphatic carbocycles. The SMILES string of the molecule is Cc1noc(C)c1-c1cnc2ccn(CC3CCC(F)(F)CC3)c2n1. The van der Waals surface area contributed by atoms with E-state index in [2.05, 4.69) is 10.1 Å². The molecule has 3 heterocycles. The van der Waals surface area contributed by atoms with Crippen molar-refractivity contribution in [2.75, 3.05) is 0 Å². The first-order chi connectivity index (χ1) is 11.9. The number of hydrogen-bond acceptors (Lipinski definition) is 4. The highest BCUT2D eigenvalue weighted by Crippen LogP contribution is 2.37. The number of aryl methyl sites for hydroxylation is 2. The summed E-state index contributed by atoms with van der Waals surface area (Å²) in [5.74, 6) is -1.54. The molecule has 0 aliphatic heterocycles. The second-order valence-corrected chi connectivity index (χ2v) is 6.93. The Bertz CT molecular complexity index is 886. The lowest BCUT2D eigenvalue weighted by atomic mass is 9.87. The summed E-state index contributed by atoms with van der Waals surface area (Å²) in [6.45, 7) is 4.42. The summed E-state index contributed by atoms with van der Waals surface area (Å²) in [6.07, 6.45) is 4.71. The van der Waals surface area contributed by atoms with Crippen LogP contribution in [0, 0.1) is 19.8 Å². The fourth-order valence-corrected chi connectivity index (χ4v) is 3.63. The lowest BCUT2D eigenvalue weighted by Crippen LogP contribution is -2.26. The number of hydrogen-bond donors (Lipinski definition) is 0. The van der Waals surface area contributed by atoms with E-state index in [1.807, 2.05) is 30.7 Å². The molecule has 0 bridgehead atoms. The first-order valence-corrected chi connectivity index (χ1v) is 8.56. The third kappa shape index (κ3) is 3.03. The van der Waals surface area contributed by atoms with E-state index in [0.29, 0.717) is 25.1 Å². The van der Waals surface area contributed by atoms with Crippen LogP contribution in [0.4, 0.5) is 8.78 Å². The molecule has 3 aromatic rings. The molecule has 7 heteroatoms. The smallest absolute Gasteiger partial charge is 0.248 e. The molecular formula is C18H20F2N4O. The third-order valence-corrected chi connectivity index (χ3v) is 5.05. The van der Waals surface area contributed by atoms with Crippen molar-refractivity contribution in [3.63, 3.8) is 0 Å². The average Bonchev–Trinajstić information content (AvgIpc) is 3.12. The van der Waals surface area contributed by atoms with Crippen molar-refractivity contribution < 1.29 is 13.3 Å². The summed E-state index contributed by atoms with van der Waals surface area (Å²) in [5.41, 5.74) is 3.93. The first kappa shape index (κ1) is 16.2. The molecule has 4 rings (SSSR count). The minimum atomic E-state index is -2.49. The highest BCUT2D eigenvalue weighted by molar-refractivity contribution is 5.75. The molecule has 0 atom stereocenters. The molecule has 0 N–H and O–H groups in total. The fourth-order valence-electron chi connectivity index (χ4n) is 3.63. The Balaban J connectivity index is 1.63. The van der Waals surface area contributed by atoms with Gasteiger partial charge in [0.05, 0.1) is 23.1 Å². The van der Waals surface area contributed by atoms with E-state index >= 15 is 0 Å². The number of aromatic nitrogens is 4. The molecule has 1 aliphatic rings. The predicted molar refractivity (Wildman–Crippen MR) is 89.4 cm³/mol. The summed E-state index contributed by atoms with van der Waals surface area (Å²) in [5, 5.41) is 3.97. The number of alkyl halides is 2. The van der Waals surface area contributed by atoms with Gasteiger partial charge in [0.25, 0.3) is 0 Å². The molecule has 0 radical (unpaired) electrons. The van der Waals surface area contributed by atoms with Gasteiger partial charge in [0.15, 0.2) is 5.65 Å². The van der Waals surface area contributed by atoms with E-state index in [-0.39, 0.29) is 18.8 Å². The van der Waals surface area contributed by atoms with E-state index in [9.17, 15) is 8.78 Å². The van der Waals surface area contributed by atoms with Gasteiger partial charge in [-0.05, 0) is 38.7 Å². The van der Waals surface area contributed by atoms with Crippen LogP contribution in [-0.4, -0.2) is 25.6 Å². The van der Waals surface area contributed by atoms with Gasteiger partial charge in [-0.2, -0.15) is 0 Å². The minimum Gasteiger partial charge on any atom is -0.361 e. The van der Waals surface area contributed by atoms with Crippen LogP contribution in [0.3, 0.4) is 0 Å². The minimum absolute atomic E-state index is 0.0210. The molecule has 5 nitrogen and oxygen atoms in total. The van der Waals surface area contributed by atoms with Crippen LogP contribution in [0.15, 0.2) is 23.0 Å². The average molecular weight is 346 g/mol. The van der Waals surface area contributed by atoms with Crippen molar-refractivity contribution >= 4 is 11.2 Å². The lowest BCUT2D eigenvalue weighted by Gasteiger charge is -2.28. The Hall–Kier alpha value is -2.31. The molecule has 3 aromatic heterocycles. The third-order valence-electron chi connectivity index (χ3n) is 5.05. The number of rotatable bonds is 3. The Morgan fingerprint density at radius 3 is 2.72 bits per heavy atom. The number of fused-ring (bicyclic) bond motifs is 1. The zero-order valence-corrected chi connectivity index (χ0v) is 14.3. The summed E-state index contributed by atoms with van der Waals surface area (Å²) in [6, 6.07) is 1.91. The predicted octanol–water partition coefficient (Wildman–Crippen LogP) is 4.53. The Morgan fingerprint density at radius 2 is 2.04 bits per heavy atom. The van der Waals surface area contributed by atoms with Crippen molar-refractivity contribution in [2.45, 2.75) is 52.0 Å². The van der Waals surface area contributed by atoms with E-state index in [4.69, 9.17) is 9.51 Å². The van der Waals surface area contributed by atoms with Gasteiger partial charge in [0, 0.05) is 25.6 Å². The van der Waals surface area contributed by atoms with Gasteiger partial charge in [-0.15, -0.1) is 0 Å². The van der Waals surface area contributed by atoms with Gasteiger partial charge in [-0.3, -0.25) is 4.98 Å². The molecule has 132 valence electrons. The van der Waals surface area contributed by atoms with Crippen molar-refractivity contribution in [3.05, 3.63) is 29.9 Å². The molecule has 25 heavy (non-hydrogen) atoms. The molecule has 0 amide bonds. The van der Waals surface area contributed by atoms with Crippen molar-refractivity contribution in [2.24, 2.45) is 5.92 Å². The largest absolute Gasteiger partial charge is 0.361 e. The van der Waals surface area contributed by atoms with Crippen LogP contribution in [0.2, 0.25) is 0 Å². The molecule has 0 saturated heterocycles. The van der Waals surface area contributed by atoms with Crippen LogP contribution in [-0.2, 0) is 6.54 Å². The zero-order chi connectivity index (χ0) is 17.6. The molecule has 1 fully saturated rings. The molecule has 1 saturated carbocycles. The van der Waals surface area contributed by atoms with Crippen LogP contribution < -0.4 is 0 Å². The maximum absolute atomic E-state index is 13.4. The quantitative estimate of drug-likeness (QED) is 0.699. The van der Waals surface area contributed by atoms with Crippen molar-refractivity contribution in [1.82, 2.24) is 19.7 Å². The molecule has 0 unspecified atom stereocenters. The normalized spacial score (nSPS) is 18.1. The second-order valence-electron chi connectivity index (χ2n) is 6.93. The highest BCUT2D eigenvalue weighted by Gasteiger charge is 2.35. The van der Waals surface area contributed by atoms with Gasteiger partial charge in [-0.1, -0.05) is 5.16 Å². The van der Waals surface area contributed by atoms with E-state index in [1.165, 1.54) is 0 Å². The van der Waals surface area contributed by atoms with Crippen LogP contribution in [0.25, 0.3) is 22.4 Å². The summed E-state index contributed by atoms with van der Waals surface area (Å²) < 4.78 is 33.9. The number of nitrogens with zero attached hydrogens (tertiary/aromatic N) is 4. The Morgan fingerprint density at radius 1 is 1.28 bits per heavy atom. The summed E-state index contributed by atoms with van der Waals surface area (Å²) in [7, 11) is 0. The summed E-state index contributed by atoms with van der Waals surface area (Å²) >= 11 is 0. The van der Waals surface area contributed by atoms with Crippen LogP contribution >= 0.6 is 0 Å². The summed E-state index contributed by atoms with van der Waals surface area (Å²) in [4.78, 5) is 9.23. The van der Waals surface area contributed by atoms with Crippen molar-refractivity contribution in [1.29, 1.82) is 0 Å². The topological polar surface area (TPSA) is 56.7 Å². The van der Waals surface area contributed by atoms with E-state index in [1.54, 1.807) is 6.20 Å². The van der Waals surface area contributed by atoms with E-state index in [0.717, 1.165) is 28.1 Å². The molecular weight excluding hydrogens is 326 g/mol. The Labute approximate surface area is 144 Å².